The molecule has 0 aliphatic carbocycles. The van der Waals surface area contributed by atoms with Gasteiger partial charge in [-0.05, 0) is 32.1 Å². The van der Waals surface area contributed by atoms with Gasteiger partial charge in [-0.2, -0.15) is 0 Å². The molecule has 1 unspecified atom stereocenters. The molecule has 1 aliphatic heterocycles. The van der Waals surface area contributed by atoms with Crippen molar-refractivity contribution in [3.05, 3.63) is 16.5 Å². The van der Waals surface area contributed by atoms with E-state index in [1.165, 1.54) is 19.3 Å². The van der Waals surface area contributed by atoms with E-state index in [1.807, 2.05) is 6.92 Å². The van der Waals surface area contributed by atoms with E-state index in [0.717, 1.165) is 36.2 Å². The lowest BCUT2D eigenvalue weighted by Crippen LogP contribution is -2.28. The van der Waals surface area contributed by atoms with E-state index in [2.05, 4.69) is 37.6 Å². The van der Waals surface area contributed by atoms with Crippen LogP contribution in [-0.2, 0) is 5.41 Å². The normalized spacial score (nSPS) is 20.9. The molecule has 0 aromatic carbocycles. The monoisotopic (exact) mass is 295 g/mol. The van der Waals surface area contributed by atoms with Crippen molar-refractivity contribution in [3.63, 3.8) is 0 Å². The molecule has 0 radical (unpaired) electrons. The minimum atomic E-state index is -0.0781. The van der Waals surface area contributed by atoms with Gasteiger partial charge in [0.15, 0.2) is 0 Å². The summed E-state index contributed by atoms with van der Waals surface area (Å²) in [7, 11) is 0. The molecule has 0 saturated carbocycles. The number of halogens is 1. The zero-order chi connectivity index (χ0) is 14.9. The highest BCUT2D eigenvalue weighted by atomic mass is 35.5. The van der Waals surface area contributed by atoms with Crippen molar-refractivity contribution < 1.29 is 0 Å². The molecule has 1 saturated heterocycles. The average Bonchev–Trinajstić information content (AvgIpc) is 2.56. The first-order valence-corrected chi connectivity index (χ1v) is 7.96. The number of hydrogen-bond acceptors (Lipinski definition) is 3. The summed E-state index contributed by atoms with van der Waals surface area (Å²) in [6, 6.07) is 0. The molecule has 3 nitrogen and oxygen atoms in total. The molecule has 1 aromatic heterocycles. The minimum absolute atomic E-state index is 0.0781. The summed E-state index contributed by atoms with van der Waals surface area (Å²) in [5.74, 6) is 2.67. The lowest BCUT2D eigenvalue weighted by Gasteiger charge is -2.26. The average molecular weight is 296 g/mol. The summed E-state index contributed by atoms with van der Waals surface area (Å²) in [6.45, 7) is 12.9. The summed E-state index contributed by atoms with van der Waals surface area (Å²) in [5.41, 5.74) is 0.930. The first-order chi connectivity index (χ1) is 9.29. The maximum atomic E-state index is 6.34. The number of hydrogen-bond donors (Lipinski definition) is 0. The third-order valence-electron chi connectivity index (χ3n) is 4.05. The SMILES string of the molecule is Cc1c(Cl)nc(C(C)(C)C)nc1N1CCCC(C)CC1. The summed E-state index contributed by atoms with van der Waals surface area (Å²) in [4.78, 5) is 11.7. The van der Waals surface area contributed by atoms with Crippen molar-refractivity contribution >= 4 is 17.4 Å². The first kappa shape index (κ1) is 15.6. The Labute approximate surface area is 127 Å². The number of nitrogens with zero attached hydrogens (tertiary/aromatic N) is 3. The third-order valence-corrected chi connectivity index (χ3v) is 4.42. The van der Waals surface area contributed by atoms with Crippen LogP contribution in [0.25, 0.3) is 0 Å². The second kappa shape index (κ2) is 5.88. The Hall–Kier alpha value is -0.830. The predicted molar refractivity (Wildman–Crippen MR) is 85.7 cm³/mol. The van der Waals surface area contributed by atoms with Gasteiger partial charge in [0.25, 0.3) is 0 Å². The van der Waals surface area contributed by atoms with Crippen molar-refractivity contribution in [1.82, 2.24) is 9.97 Å². The van der Waals surface area contributed by atoms with Crippen LogP contribution >= 0.6 is 11.6 Å². The van der Waals surface area contributed by atoms with Crippen LogP contribution in [0.2, 0.25) is 5.15 Å². The molecule has 2 heterocycles. The topological polar surface area (TPSA) is 29.0 Å². The van der Waals surface area contributed by atoms with E-state index < -0.39 is 0 Å². The standard InChI is InChI=1S/C16H26ClN3/c1-11-7-6-9-20(10-8-11)14-12(2)13(17)18-15(19-14)16(3,4)5/h11H,6-10H2,1-5H3. The molecule has 0 spiro atoms. The molecule has 1 aliphatic rings. The first-order valence-electron chi connectivity index (χ1n) is 7.58. The maximum absolute atomic E-state index is 6.34. The minimum Gasteiger partial charge on any atom is -0.356 e. The van der Waals surface area contributed by atoms with Crippen LogP contribution in [0.5, 0.6) is 0 Å². The van der Waals surface area contributed by atoms with Crippen molar-refractivity contribution in [1.29, 1.82) is 0 Å². The van der Waals surface area contributed by atoms with Crippen molar-refractivity contribution in [2.75, 3.05) is 18.0 Å². The Morgan fingerprint density at radius 1 is 1.15 bits per heavy atom. The van der Waals surface area contributed by atoms with E-state index in [0.29, 0.717) is 5.15 Å². The van der Waals surface area contributed by atoms with E-state index in [9.17, 15) is 0 Å². The highest BCUT2D eigenvalue weighted by Gasteiger charge is 2.24. The maximum Gasteiger partial charge on any atom is 0.137 e. The van der Waals surface area contributed by atoms with Gasteiger partial charge in [0, 0.05) is 24.1 Å². The fraction of sp³-hybridized carbons (Fsp3) is 0.750. The molecule has 20 heavy (non-hydrogen) atoms. The van der Waals surface area contributed by atoms with Crippen molar-refractivity contribution in [2.45, 2.75) is 59.3 Å². The van der Waals surface area contributed by atoms with Crippen LogP contribution in [-0.4, -0.2) is 23.1 Å². The third kappa shape index (κ3) is 3.43. The van der Waals surface area contributed by atoms with E-state index in [4.69, 9.17) is 16.6 Å². The van der Waals surface area contributed by atoms with Gasteiger partial charge in [-0.25, -0.2) is 9.97 Å². The molecule has 0 N–H and O–H groups in total. The second-order valence-electron chi connectivity index (χ2n) is 7.06. The van der Waals surface area contributed by atoms with Crippen LogP contribution in [0.4, 0.5) is 5.82 Å². The van der Waals surface area contributed by atoms with Gasteiger partial charge in [0.05, 0.1) is 0 Å². The van der Waals surface area contributed by atoms with Gasteiger partial charge in [-0.3, -0.25) is 0 Å². The molecule has 1 fully saturated rings. The fourth-order valence-corrected chi connectivity index (χ4v) is 2.76. The molecule has 1 atom stereocenters. The van der Waals surface area contributed by atoms with Crippen molar-refractivity contribution in [3.8, 4) is 0 Å². The van der Waals surface area contributed by atoms with Gasteiger partial charge < -0.3 is 4.90 Å². The van der Waals surface area contributed by atoms with Crippen LogP contribution < -0.4 is 4.90 Å². The Bertz CT molecular complexity index is 479. The van der Waals surface area contributed by atoms with Gasteiger partial charge in [-0.15, -0.1) is 0 Å². The Morgan fingerprint density at radius 3 is 2.50 bits per heavy atom. The lowest BCUT2D eigenvalue weighted by atomic mass is 9.95. The Morgan fingerprint density at radius 2 is 1.85 bits per heavy atom. The smallest absolute Gasteiger partial charge is 0.137 e. The quantitative estimate of drug-likeness (QED) is 0.721. The highest BCUT2D eigenvalue weighted by Crippen LogP contribution is 2.30. The number of aromatic nitrogens is 2. The number of rotatable bonds is 1. The van der Waals surface area contributed by atoms with Gasteiger partial charge >= 0.3 is 0 Å². The summed E-state index contributed by atoms with van der Waals surface area (Å²) in [6.07, 6.45) is 3.76. The lowest BCUT2D eigenvalue weighted by molar-refractivity contribution is 0.520. The number of anilines is 1. The van der Waals surface area contributed by atoms with Gasteiger partial charge in [-0.1, -0.05) is 39.3 Å². The largest absolute Gasteiger partial charge is 0.356 e. The zero-order valence-electron chi connectivity index (χ0n) is 13.3. The predicted octanol–water partition coefficient (Wildman–Crippen LogP) is 4.36. The molecular weight excluding hydrogens is 270 g/mol. The van der Waals surface area contributed by atoms with Gasteiger partial charge in [0.1, 0.15) is 16.8 Å². The molecule has 0 amide bonds. The Balaban J connectivity index is 2.37. The molecule has 2 rings (SSSR count). The Kier molecular flexibility index (Phi) is 4.58. The van der Waals surface area contributed by atoms with Crippen molar-refractivity contribution in [2.24, 2.45) is 5.92 Å². The van der Waals surface area contributed by atoms with E-state index >= 15 is 0 Å². The van der Waals surface area contributed by atoms with Crippen LogP contribution in [0.1, 0.15) is 58.3 Å². The molecule has 4 heteroatoms. The van der Waals surface area contributed by atoms with Crippen LogP contribution in [0, 0.1) is 12.8 Å². The van der Waals surface area contributed by atoms with Crippen LogP contribution in [0.3, 0.4) is 0 Å². The molecule has 0 bridgehead atoms. The van der Waals surface area contributed by atoms with E-state index in [-0.39, 0.29) is 5.41 Å². The summed E-state index contributed by atoms with van der Waals surface area (Å²) in [5, 5.41) is 0.595. The second-order valence-corrected chi connectivity index (χ2v) is 7.42. The summed E-state index contributed by atoms with van der Waals surface area (Å²) < 4.78 is 0. The molecular formula is C16H26ClN3. The fourth-order valence-electron chi connectivity index (χ4n) is 2.60. The summed E-state index contributed by atoms with van der Waals surface area (Å²) >= 11 is 6.34. The van der Waals surface area contributed by atoms with E-state index in [1.54, 1.807) is 0 Å². The molecule has 1 aromatic rings. The zero-order valence-corrected chi connectivity index (χ0v) is 14.1. The highest BCUT2D eigenvalue weighted by molar-refractivity contribution is 6.30. The molecule has 112 valence electrons. The van der Waals surface area contributed by atoms with Gasteiger partial charge in [0.2, 0.25) is 0 Å². The van der Waals surface area contributed by atoms with Crippen LogP contribution in [0.15, 0.2) is 0 Å².